The third-order valence-electron chi connectivity index (χ3n) is 3.45. The molecule has 1 rings (SSSR count). The van der Waals surface area contributed by atoms with E-state index in [0.717, 1.165) is 31.9 Å². The normalized spacial score (nSPS) is 13.8. The van der Waals surface area contributed by atoms with Gasteiger partial charge in [0.05, 0.1) is 0 Å². The lowest BCUT2D eigenvalue weighted by atomic mass is 9.89. The topological polar surface area (TPSA) is 49.3 Å². The van der Waals surface area contributed by atoms with Crippen LogP contribution in [0.5, 0.6) is 0 Å². The number of nitrogens with one attached hydrogen (secondary N) is 2. The Kier molecular flexibility index (Phi) is 7.92. The van der Waals surface area contributed by atoms with Crippen LogP contribution in [0.25, 0.3) is 0 Å². The van der Waals surface area contributed by atoms with E-state index in [-0.39, 0.29) is 0 Å². The van der Waals surface area contributed by atoms with E-state index in [4.69, 9.17) is 0 Å². The lowest BCUT2D eigenvalue weighted by molar-refractivity contribution is 0.346. The first kappa shape index (κ1) is 18.5. The van der Waals surface area contributed by atoms with Crippen molar-refractivity contribution < 1.29 is 0 Å². The minimum atomic E-state index is 0.381. The maximum atomic E-state index is 4.66. The van der Waals surface area contributed by atoms with Gasteiger partial charge in [0.2, 0.25) is 0 Å². The summed E-state index contributed by atoms with van der Waals surface area (Å²) < 4.78 is 0. The molecule has 1 atom stereocenters. The van der Waals surface area contributed by atoms with E-state index in [1.807, 2.05) is 12.3 Å². The van der Waals surface area contributed by atoms with Crippen molar-refractivity contribution in [2.24, 2.45) is 10.4 Å². The molecule has 1 aromatic heterocycles. The molecule has 0 spiro atoms. The minimum absolute atomic E-state index is 0.381. The van der Waals surface area contributed by atoms with Crippen molar-refractivity contribution >= 4 is 5.96 Å². The maximum Gasteiger partial charge on any atom is 0.191 e. The average Bonchev–Trinajstić information content (AvgIpc) is 2.46. The van der Waals surface area contributed by atoms with E-state index in [2.05, 4.69) is 61.3 Å². The number of aromatic nitrogens is 1. The fraction of sp³-hybridized carbons (Fsp3) is 0.667. The molecule has 1 aromatic rings. The molecule has 0 saturated heterocycles. The van der Waals surface area contributed by atoms with Crippen molar-refractivity contribution in [2.75, 3.05) is 13.1 Å². The van der Waals surface area contributed by atoms with Crippen LogP contribution in [0, 0.1) is 5.41 Å². The summed E-state index contributed by atoms with van der Waals surface area (Å²) in [6.07, 6.45) is 6.98. The molecule has 0 radical (unpaired) electrons. The van der Waals surface area contributed by atoms with E-state index < -0.39 is 0 Å². The van der Waals surface area contributed by atoms with Crippen LogP contribution in [0.15, 0.2) is 29.5 Å². The molecular weight excluding hydrogens is 272 g/mol. The van der Waals surface area contributed by atoms with Crippen molar-refractivity contribution in [1.82, 2.24) is 15.6 Å². The fourth-order valence-corrected chi connectivity index (χ4v) is 2.12. The van der Waals surface area contributed by atoms with Gasteiger partial charge < -0.3 is 10.6 Å². The highest BCUT2D eigenvalue weighted by Crippen LogP contribution is 2.21. The molecule has 0 aliphatic heterocycles. The van der Waals surface area contributed by atoms with Crippen molar-refractivity contribution in [3.8, 4) is 0 Å². The predicted molar refractivity (Wildman–Crippen MR) is 95.2 cm³/mol. The quantitative estimate of drug-likeness (QED) is 0.599. The summed E-state index contributed by atoms with van der Waals surface area (Å²) in [5, 5.41) is 6.82. The van der Waals surface area contributed by atoms with Crippen LogP contribution in [0.1, 0.15) is 53.0 Å². The Labute approximate surface area is 135 Å². The molecule has 1 unspecified atom stereocenters. The van der Waals surface area contributed by atoms with Gasteiger partial charge in [0.25, 0.3) is 0 Å². The Hall–Kier alpha value is -1.58. The van der Waals surface area contributed by atoms with Gasteiger partial charge in [-0.15, -0.1) is 0 Å². The largest absolute Gasteiger partial charge is 0.357 e. The van der Waals surface area contributed by atoms with Crippen molar-refractivity contribution in [1.29, 1.82) is 0 Å². The lowest BCUT2D eigenvalue weighted by Gasteiger charge is -2.23. The Morgan fingerprint density at radius 3 is 2.73 bits per heavy atom. The molecular formula is C18H32N4. The van der Waals surface area contributed by atoms with Crippen LogP contribution >= 0.6 is 0 Å². The molecule has 0 aromatic carbocycles. The number of pyridine rings is 1. The Morgan fingerprint density at radius 1 is 1.36 bits per heavy atom. The second-order valence-corrected chi connectivity index (χ2v) is 7.02. The molecule has 0 aliphatic carbocycles. The van der Waals surface area contributed by atoms with E-state index in [9.17, 15) is 0 Å². The van der Waals surface area contributed by atoms with E-state index in [0.29, 0.717) is 11.5 Å². The van der Waals surface area contributed by atoms with E-state index >= 15 is 0 Å². The maximum absolute atomic E-state index is 4.66. The van der Waals surface area contributed by atoms with Crippen molar-refractivity contribution in [2.45, 2.75) is 59.9 Å². The zero-order chi connectivity index (χ0) is 16.4. The van der Waals surface area contributed by atoms with Crippen LogP contribution < -0.4 is 10.6 Å². The molecule has 0 aliphatic rings. The molecule has 0 amide bonds. The van der Waals surface area contributed by atoms with Gasteiger partial charge in [0, 0.05) is 31.5 Å². The monoisotopic (exact) mass is 304 g/mol. The second-order valence-electron chi connectivity index (χ2n) is 7.02. The zero-order valence-electron chi connectivity index (χ0n) is 14.8. The van der Waals surface area contributed by atoms with Crippen molar-refractivity contribution in [3.63, 3.8) is 0 Å². The van der Waals surface area contributed by atoms with Gasteiger partial charge in [0.1, 0.15) is 0 Å². The van der Waals surface area contributed by atoms with E-state index in [1.54, 1.807) is 6.20 Å². The number of aliphatic imine (C=N–C) groups is 1. The molecule has 0 saturated carbocycles. The summed E-state index contributed by atoms with van der Waals surface area (Å²) in [6.45, 7) is 12.8. The number of hydrogen-bond donors (Lipinski definition) is 2. The van der Waals surface area contributed by atoms with Gasteiger partial charge in [-0.2, -0.15) is 0 Å². The number of guanidine groups is 1. The fourth-order valence-electron chi connectivity index (χ4n) is 2.12. The SMILES string of the molecule is CCNC(=NCCc1cccnc1)NC(C)CCC(C)(C)C. The highest BCUT2D eigenvalue weighted by atomic mass is 15.2. The molecule has 0 fully saturated rings. The van der Waals surface area contributed by atoms with Crippen LogP contribution in [0.4, 0.5) is 0 Å². The summed E-state index contributed by atoms with van der Waals surface area (Å²) in [6, 6.07) is 4.49. The Bertz CT molecular complexity index is 434. The summed E-state index contributed by atoms with van der Waals surface area (Å²) >= 11 is 0. The van der Waals surface area contributed by atoms with Crippen LogP contribution in [0.3, 0.4) is 0 Å². The smallest absolute Gasteiger partial charge is 0.191 e. The number of nitrogens with zero attached hydrogens (tertiary/aromatic N) is 2. The second kappa shape index (κ2) is 9.44. The average molecular weight is 304 g/mol. The van der Waals surface area contributed by atoms with Crippen LogP contribution in [0.2, 0.25) is 0 Å². The van der Waals surface area contributed by atoms with Gasteiger partial charge >= 0.3 is 0 Å². The molecule has 4 nitrogen and oxygen atoms in total. The summed E-state index contributed by atoms with van der Waals surface area (Å²) in [5.74, 6) is 0.910. The Balaban J connectivity index is 2.44. The van der Waals surface area contributed by atoms with Gasteiger partial charge in [-0.3, -0.25) is 9.98 Å². The predicted octanol–water partition coefficient (Wildman–Crippen LogP) is 3.39. The van der Waals surface area contributed by atoms with E-state index in [1.165, 1.54) is 12.0 Å². The van der Waals surface area contributed by atoms with Gasteiger partial charge in [-0.1, -0.05) is 26.8 Å². The number of hydrogen-bond acceptors (Lipinski definition) is 2. The molecule has 2 N–H and O–H groups in total. The van der Waals surface area contributed by atoms with Crippen LogP contribution in [-0.2, 0) is 6.42 Å². The third kappa shape index (κ3) is 8.65. The van der Waals surface area contributed by atoms with Crippen LogP contribution in [-0.4, -0.2) is 30.1 Å². The highest BCUT2D eigenvalue weighted by molar-refractivity contribution is 5.80. The molecule has 1 heterocycles. The van der Waals surface area contributed by atoms with Gasteiger partial charge in [-0.25, -0.2) is 0 Å². The standard InChI is InChI=1S/C18H32N4/c1-6-20-17(22-15(2)9-11-18(3,4)5)21-13-10-16-8-7-12-19-14-16/h7-8,12,14-15H,6,9-11,13H2,1-5H3,(H2,20,21,22). The highest BCUT2D eigenvalue weighted by Gasteiger charge is 2.13. The first-order valence-electron chi connectivity index (χ1n) is 8.34. The zero-order valence-corrected chi connectivity index (χ0v) is 14.8. The van der Waals surface area contributed by atoms with Crippen molar-refractivity contribution in [3.05, 3.63) is 30.1 Å². The molecule has 0 bridgehead atoms. The first-order valence-corrected chi connectivity index (χ1v) is 8.34. The van der Waals surface area contributed by atoms with Gasteiger partial charge in [0.15, 0.2) is 5.96 Å². The molecule has 4 heteroatoms. The van der Waals surface area contributed by atoms with Gasteiger partial charge in [-0.05, 0) is 50.2 Å². The molecule has 124 valence electrons. The minimum Gasteiger partial charge on any atom is -0.357 e. The third-order valence-corrected chi connectivity index (χ3v) is 3.45. The lowest BCUT2D eigenvalue weighted by Crippen LogP contribution is -2.42. The first-order chi connectivity index (χ1) is 10.4. The Morgan fingerprint density at radius 2 is 2.14 bits per heavy atom. The molecule has 22 heavy (non-hydrogen) atoms. The summed E-state index contributed by atoms with van der Waals surface area (Å²) in [4.78, 5) is 8.79. The number of rotatable bonds is 7. The summed E-state index contributed by atoms with van der Waals surface area (Å²) in [7, 11) is 0. The summed E-state index contributed by atoms with van der Waals surface area (Å²) in [5.41, 5.74) is 1.61.